The van der Waals surface area contributed by atoms with Gasteiger partial charge in [0, 0.05) is 44.2 Å². The van der Waals surface area contributed by atoms with Crippen LogP contribution in [0.15, 0.2) is 81.6 Å². The molecule has 1 aromatic rings. The highest BCUT2D eigenvalue weighted by Crippen LogP contribution is 2.51. The zero-order chi connectivity index (χ0) is 44.9. The number of methoxy groups -OCH3 is 1. The topological polar surface area (TPSA) is 146 Å². The normalized spacial score (nSPS) is 25.5. The minimum atomic E-state index is -5.01. The number of nitrogens with zero attached hydrogens (tertiary/aromatic N) is 3. The summed E-state index contributed by atoms with van der Waals surface area (Å²) in [4.78, 5) is 50.2. The number of pyridine rings is 1. The number of amides is 3. The van der Waals surface area contributed by atoms with E-state index in [2.05, 4.69) is 58.7 Å². The maximum Gasteiger partial charge on any atom is 0.523 e. The Morgan fingerprint density at radius 2 is 1.76 bits per heavy atom. The summed E-state index contributed by atoms with van der Waals surface area (Å²) in [5.74, 6) is -0.374. The fraction of sp³-hybridized carbons (Fsp3) is 0.587. The molecule has 3 heterocycles. The fourth-order valence-electron chi connectivity index (χ4n) is 8.82. The molecule has 2 aliphatic heterocycles. The summed E-state index contributed by atoms with van der Waals surface area (Å²) in [6, 6.07) is 2.15. The Kier molecular flexibility index (Phi) is 14.8. The molecule has 6 atom stereocenters. The number of halogens is 4. The molecule has 6 unspecified atom stereocenters. The minimum Gasteiger partial charge on any atom is -0.453 e. The van der Waals surface area contributed by atoms with Crippen molar-refractivity contribution in [1.29, 1.82) is 0 Å². The number of hydrogen-bond donors (Lipinski definition) is 4. The van der Waals surface area contributed by atoms with Crippen LogP contribution in [0.3, 0.4) is 0 Å². The van der Waals surface area contributed by atoms with Gasteiger partial charge in [-0.15, -0.1) is 13.2 Å². The number of aliphatic imine (C=N–C) groups is 1. The van der Waals surface area contributed by atoms with Gasteiger partial charge in [0.15, 0.2) is 0 Å². The number of ether oxygens (including phenoxy) is 2. The van der Waals surface area contributed by atoms with Crippen molar-refractivity contribution in [2.24, 2.45) is 34.1 Å². The van der Waals surface area contributed by atoms with E-state index in [9.17, 15) is 27.6 Å². The lowest BCUT2D eigenvalue weighted by Crippen LogP contribution is -2.54. The zero-order valence-corrected chi connectivity index (χ0v) is 36.8. The van der Waals surface area contributed by atoms with E-state index in [1.54, 1.807) is 12.1 Å². The quantitative estimate of drug-likeness (QED) is 0.102. The molecule has 2 fully saturated rings. The van der Waals surface area contributed by atoms with E-state index >= 15 is 4.39 Å². The largest absolute Gasteiger partial charge is 0.523 e. The average Bonchev–Trinajstić information content (AvgIpc) is 3.73. The SMILES string of the molecule is COC(=O)NC(C(=O)N1CC(C)CC1C1=NC=C(C2=CC=C(C3=CC(F)=C(NC(=O)c4ccc(NCCNCC5CC5(C)C)nc4)CC3OC(F)(F)F)CC2)CCC1C)C(C)C. The second kappa shape index (κ2) is 19.7. The summed E-state index contributed by atoms with van der Waals surface area (Å²) in [6.45, 7) is 15.3. The summed E-state index contributed by atoms with van der Waals surface area (Å²) in [7, 11) is 1.26. The molecule has 3 amide bonds. The van der Waals surface area contributed by atoms with E-state index in [4.69, 9.17) is 9.73 Å². The van der Waals surface area contributed by atoms with Gasteiger partial charge in [-0.1, -0.05) is 53.7 Å². The third kappa shape index (κ3) is 11.8. The minimum absolute atomic E-state index is 0.0579. The Labute approximate surface area is 361 Å². The van der Waals surface area contributed by atoms with E-state index < -0.39 is 42.8 Å². The van der Waals surface area contributed by atoms with Gasteiger partial charge in [0.1, 0.15) is 17.7 Å². The van der Waals surface area contributed by atoms with Crippen LogP contribution in [0.5, 0.6) is 0 Å². The van der Waals surface area contributed by atoms with E-state index in [1.165, 1.54) is 25.8 Å². The zero-order valence-electron chi connectivity index (χ0n) is 36.8. The third-order valence-electron chi connectivity index (χ3n) is 12.8. The molecule has 4 N–H and O–H groups in total. The van der Waals surface area contributed by atoms with Crippen LogP contribution in [0.2, 0.25) is 0 Å². The summed E-state index contributed by atoms with van der Waals surface area (Å²) in [6.07, 6.45) is 4.18. The Balaban J connectivity index is 1.13. The fourth-order valence-corrected chi connectivity index (χ4v) is 8.82. The first-order valence-corrected chi connectivity index (χ1v) is 21.7. The molecule has 0 spiro atoms. The molecule has 0 aromatic carbocycles. The van der Waals surface area contributed by atoms with Crippen molar-refractivity contribution in [2.75, 3.05) is 38.6 Å². The Bertz CT molecular complexity index is 2040. The van der Waals surface area contributed by atoms with Crippen molar-refractivity contribution in [3.05, 3.63) is 82.1 Å². The molecule has 1 saturated carbocycles. The number of alkyl carbamates (subject to hydrolysis) is 1. The molecular weight excluding hydrogens is 807 g/mol. The number of allylic oxidation sites excluding steroid dienone is 6. The number of likely N-dealkylation sites (tertiary alicyclic amines) is 1. The molecule has 1 saturated heterocycles. The lowest BCUT2D eigenvalue weighted by molar-refractivity contribution is -0.337. The van der Waals surface area contributed by atoms with E-state index in [0.717, 1.165) is 48.9 Å². The van der Waals surface area contributed by atoms with Gasteiger partial charge in [0.25, 0.3) is 5.91 Å². The number of anilines is 1. The summed E-state index contributed by atoms with van der Waals surface area (Å²) < 4.78 is 66.3. The third-order valence-corrected chi connectivity index (χ3v) is 12.8. The number of carbonyl (C=O) groups is 3. The van der Waals surface area contributed by atoms with Crippen LogP contribution in [0.25, 0.3) is 0 Å². The second-order valence-electron chi connectivity index (χ2n) is 18.3. The van der Waals surface area contributed by atoms with E-state index in [0.29, 0.717) is 55.1 Å². The first-order chi connectivity index (χ1) is 29.3. The Hall–Kier alpha value is -4.83. The molecular formula is C46H61F4N7O5. The number of carbonyl (C=O) groups excluding carboxylic acids is 3. The van der Waals surface area contributed by atoms with Gasteiger partial charge >= 0.3 is 12.5 Å². The average molecular weight is 868 g/mol. The van der Waals surface area contributed by atoms with Gasteiger partial charge in [0.2, 0.25) is 5.91 Å². The smallest absolute Gasteiger partial charge is 0.453 e. The van der Waals surface area contributed by atoms with Crippen LogP contribution >= 0.6 is 0 Å². The van der Waals surface area contributed by atoms with Crippen LogP contribution in [0.4, 0.5) is 28.2 Å². The van der Waals surface area contributed by atoms with Crippen LogP contribution in [-0.4, -0.2) is 91.3 Å². The molecule has 0 radical (unpaired) electrons. The lowest BCUT2D eigenvalue weighted by atomic mass is 9.83. The van der Waals surface area contributed by atoms with Crippen molar-refractivity contribution in [3.63, 3.8) is 0 Å². The highest BCUT2D eigenvalue weighted by Gasteiger charge is 2.45. The van der Waals surface area contributed by atoms with Crippen molar-refractivity contribution in [1.82, 2.24) is 25.8 Å². The maximum atomic E-state index is 15.7. The van der Waals surface area contributed by atoms with Crippen molar-refractivity contribution in [2.45, 2.75) is 111 Å². The maximum absolute atomic E-state index is 15.7. The number of hydrogen-bond acceptors (Lipinski definition) is 9. The molecule has 16 heteroatoms. The predicted octanol–water partition coefficient (Wildman–Crippen LogP) is 8.29. The summed E-state index contributed by atoms with van der Waals surface area (Å²) in [5.41, 5.74) is 3.63. The summed E-state index contributed by atoms with van der Waals surface area (Å²) >= 11 is 0. The van der Waals surface area contributed by atoms with Gasteiger partial charge in [-0.3, -0.25) is 19.3 Å². The monoisotopic (exact) mass is 867 g/mol. The predicted molar refractivity (Wildman–Crippen MR) is 229 cm³/mol. The molecule has 1 aromatic heterocycles. The van der Waals surface area contributed by atoms with E-state index in [1.807, 2.05) is 31.0 Å². The standard InChI is InChI=1S/C46H61F4N7O5/c1-26(2)40(56-44(60)61-7)43(59)57-25-27(3)18-37(57)41-28(4)8-9-31(22-54-41)29-10-12-30(13-11-29)34-19-35(47)36(20-38(34)62-46(48,49)50)55-42(58)32-14-15-39(53-23-32)52-17-16-51-24-33-21-45(33,5)6/h10,12,14-15,19,22-23,26-28,33,37-38,40,51H,8-9,11,13,16-18,20-21,24-25H2,1-7H3,(H,52,53)(H,55,58)(H,56,60). The summed E-state index contributed by atoms with van der Waals surface area (Å²) in [5, 5.41) is 11.8. The van der Waals surface area contributed by atoms with Gasteiger partial charge in [0.05, 0.1) is 30.5 Å². The Morgan fingerprint density at radius 1 is 1.03 bits per heavy atom. The second-order valence-corrected chi connectivity index (χ2v) is 18.3. The molecule has 3 aliphatic carbocycles. The van der Waals surface area contributed by atoms with Crippen molar-refractivity contribution >= 4 is 29.4 Å². The van der Waals surface area contributed by atoms with Crippen molar-refractivity contribution in [3.8, 4) is 0 Å². The highest BCUT2D eigenvalue weighted by atomic mass is 19.4. The molecule has 12 nitrogen and oxygen atoms in total. The number of nitrogens with one attached hydrogen (secondary N) is 4. The lowest BCUT2D eigenvalue weighted by Gasteiger charge is -2.32. The number of alkyl halides is 3. The van der Waals surface area contributed by atoms with Crippen molar-refractivity contribution < 1.29 is 41.4 Å². The van der Waals surface area contributed by atoms with E-state index in [-0.39, 0.29) is 46.5 Å². The number of rotatable bonds is 15. The molecule has 338 valence electrons. The van der Waals surface area contributed by atoms with Crippen LogP contribution in [-0.2, 0) is 14.3 Å². The first-order valence-electron chi connectivity index (χ1n) is 21.7. The Morgan fingerprint density at radius 3 is 2.39 bits per heavy atom. The van der Waals surface area contributed by atoms with Crippen LogP contribution in [0, 0.1) is 29.1 Å². The van der Waals surface area contributed by atoms with Crippen LogP contribution < -0.4 is 21.3 Å². The van der Waals surface area contributed by atoms with Gasteiger partial charge in [-0.25, -0.2) is 14.2 Å². The van der Waals surface area contributed by atoms with Gasteiger partial charge in [-0.05, 0) is 115 Å². The van der Waals surface area contributed by atoms with Gasteiger partial charge in [-0.2, -0.15) is 0 Å². The number of aromatic nitrogens is 1. The molecule has 62 heavy (non-hydrogen) atoms. The van der Waals surface area contributed by atoms with Gasteiger partial charge < -0.3 is 30.9 Å². The highest BCUT2D eigenvalue weighted by molar-refractivity contribution is 5.97. The molecule has 6 rings (SSSR count). The van der Waals surface area contributed by atoms with Crippen LogP contribution in [0.1, 0.15) is 96.8 Å². The molecule has 5 aliphatic rings. The first kappa shape index (κ1) is 46.7. The molecule has 0 bridgehead atoms.